The molecule has 4 aromatic rings. The summed E-state index contributed by atoms with van der Waals surface area (Å²) in [6, 6.07) is 7.97. The van der Waals surface area contributed by atoms with E-state index in [1.807, 2.05) is 6.07 Å². The average Bonchev–Trinajstić information content (AvgIpc) is 3.32. The molecule has 176 valence electrons. The number of ether oxygens (including phenoxy) is 1. The van der Waals surface area contributed by atoms with Gasteiger partial charge in [0.05, 0.1) is 30.3 Å². The first-order chi connectivity index (χ1) is 16.6. The molecule has 11 heteroatoms. The number of aliphatic hydroxyl groups excluding tert-OH is 1. The van der Waals surface area contributed by atoms with Gasteiger partial charge in [0, 0.05) is 36.3 Å². The van der Waals surface area contributed by atoms with E-state index < -0.39 is 5.82 Å². The standard InChI is InChI=1S/C23H23ClFN7O2/c24-18-9-16(2-3-19(18)25)29-23-17-10-21(15(12-33)8-20(17)26-13-27-23)34-7-1-4-31-5-6-32-14-28-30-22(32)11-31/h2-3,8-10,13-14,33H,1,4-7,11-12H2,(H,26,27,29). The maximum Gasteiger partial charge on any atom is 0.147 e. The van der Waals surface area contributed by atoms with Crippen LogP contribution in [0.4, 0.5) is 15.9 Å². The predicted molar refractivity (Wildman–Crippen MR) is 126 cm³/mol. The monoisotopic (exact) mass is 483 g/mol. The van der Waals surface area contributed by atoms with Gasteiger partial charge in [0.2, 0.25) is 0 Å². The fourth-order valence-corrected chi connectivity index (χ4v) is 4.15. The third kappa shape index (κ3) is 4.79. The van der Waals surface area contributed by atoms with E-state index in [1.54, 1.807) is 18.5 Å². The molecule has 2 aromatic heterocycles. The Morgan fingerprint density at radius 3 is 2.94 bits per heavy atom. The summed E-state index contributed by atoms with van der Waals surface area (Å²) in [4.78, 5) is 11.0. The quantitative estimate of drug-likeness (QED) is 0.367. The van der Waals surface area contributed by atoms with Crippen LogP contribution in [0, 0.1) is 5.82 Å². The molecule has 0 aliphatic carbocycles. The Kier molecular flexibility index (Phi) is 6.52. The Bertz CT molecular complexity index is 1320. The van der Waals surface area contributed by atoms with Crippen molar-refractivity contribution in [3.8, 4) is 5.75 Å². The third-order valence-electron chi connectivity index (χ3n) is 5.76. The Hall–Kier alpha value is -3.34. The first-order valence-electron chi connectivity index (χ1n) is 10.9. The summed E-state index contributed by atoms with van der Waals surface area (Å²) >= 11 is 5.90. The lowest BCUT2D eigenvalue weighted by Gasteiger charge is -2.26. The van der Waals surface area contributed by atoms with Gasteiger partial charge in [-0.25, -0.2) is 14.4 Å². The summed E-state index contributed by atoms with van der Waals surface area (Å²) in [5.74, 6) is 1.59. The molecular formula is C23H23ClFN7O2. The van der Waals surface area contributed by atoms with Gasteiger partial charge >= 0.3 is 0 Å². The van der Waals surface area contributed by atoms with Crippen LogP contribution in [0.25, 0.3) is 10.9 Å². The third-order valence-corrected chi connectivity index (χ3v) is 6.05. The minimum absolute atomic E-state index is 0.0175. The van der Waals surface area contributed by atoms with Gasteiger partial charge in [-0.15, -0.1) is 10.2 Å². The van der Waals surface area contributed by atoms with Crippen molar-refractivity contribution in [2.45, 2.75) is 26.1 Å². The number of anilines is 2. The van der Waals surface area contributed by atoms with Crippen molar-refractivity contribution >= 4 is 34.0 Å². The van der Waals surface area contributed by atoms with E-state index in [4.69, 9.17) is 16.3 Å². The molecule has 0 atom stereocenters. The minimum atomic E-state index is -0.491. The SMILES string of the molecule is OCc1cc2ncnc(Nc3ccc(F)c(Cl)c3)c2cc1OCCCN1CCn2cnnc2C1. The molecule has 0 fully saturated rings. The van der Waals surface area contributed by atoms with Crippen molar-refractivity contribution in [1.82, 2.24) is 29.6 Å². The van der Waals surface area contributed by atoms with Crippen molar-refractivity contribution in [1.29, 1.82) is 0 Å². The van der Waals surface area contributed by atoms with Gasteiger partial charge in [-0.1, -0.05) is 11.6 Å². The van der Waals surface area contributed by atoms with E-state index in [1.165, 1.54) is 18.5 Å². The van der Waals surface area contributed by atoms with Gasteiger partial charge in [-0.3, -0.25) is 4.90 Å². The molecule has 1 aliphatic rings. The van der Waals surface area contributed by atoms with Crippen LogP contribution >= 0.6 is 11.6 Å². The zero-order valence-electron chi connectivity index (χ0n) is 18.3. The Labute approximate surface area is 200 Å². The smallest absolute Gasteiger partial charge is 0.147 e. The minimum Gasteiger partial charge on any atom is -0.493 e. The molecule has 0 saturated heterocycles. The van der Waals surface area contributed by atoms with Crippen molar-refractivity contribution in [3.63, 3.8) is 0 Å². The van der Waals surface area contributed by atoms with Gasteiger partial charge in [-0.05, 0) is 36.8 Å². The highest BCUT2D eigenvalue weighted by Gasteiger charge is 2.17. The summed E-state index contributed by atoms with van der Waals surface area (Å²) in [5, 5.41) is 21.9. The highest BCUT2D eigenvalue weighted by atomic mass is 35.5. The number of halogens is 2. The van der Waals surface area contributed by atoms with E-state index in [0.717, 1.165) is 38.4 Å². The average molecular weight is 484 g/mol. The van der Waals surface area contributed by atoms with Crippen molar-refractivity contribution in [2.75, 3.05) is 25.0 Å². The van der Waals surface area contributed by atoms with Gasteiger partial charge in [0.25, 0.3) is 0 Å². The lowest BCUT2D eigenvalue weighted by molar-refractivity contribution is 0.193. The van der Waals surface area contributed by atoms with Crippen LogP contribution in [0.5, 0.6) is 5.75 Å². The number of fused-ring (bicyclic) bond motifs is 2. The Balaban J connectivity index is 1.28. The van der Waals surface area contributed by atoms with E-state index in [-0.39, 0.29) is 11.6 Å². The number of rotatable bonds is 8. The maximum atomic E-state index is 13.5. The summed E-state index contributed by atoms with van der Waals surface area (Å²) in [5.41, 5.74) is 1.89. The molecule has 9 nitrogen and oxygen atoms in total. The molecule has 2 aromatic carbocycles. The van der Waals surface area contributed by atoms with Crippen molar-refractivity contribution < 1.29 is 14.2 Å². The van der Waals surface area contributed by atoms with Gasteiger partial charge < -0.3 is 19.7 Å². The molecule has 0 unspecified atom stereocenters. The second-order valence-corrected chi connectivity index (χ2v) is 8.44. The molecule has 5 rings (SSSR count). The molecule has 0 saturated carbocycles. The van der Waals surface area contributed by atoms with E-state index >= 15 is 0 Å². The lowest BCUT2D eigenvalue weighted by atomic mass is 10.1. The van der Waals surface area contributed by atoms with Crippen LogP contribution < -0.4 is 10.1 Å². The summed E-state index contributed by atoms with van der Waals surface area (Å²) in [7, 11) is 0. The molecular weight excluding hydrogens is 461 g/mol. The number of nitrogens with zero attached hydrogens (tertiary/aromatic N) is 6. The second-order valence-electron chi connectivity index (χ2n) is 8.03. The number of aliphatic hydroxyl groups is 1. The second kappa shape index (κ2) is 9.88. The number of nitrogens with one attached hydrogen (secondary N) is 1. The number of hydrogen-bond donors (Lipinski definition) is 2. The zero-order valence-corrected chi connectivity index (χ0v) is 19.0. The highest BCUT2D eigenvalue weighted by Crippen LogP contribution is 2.31. The van der Waals surface area contributed by atoms with Crippen molar-refractivity contribution in [3.05, 3.63) is 65.2 Å². The maximum absolute atomic E-state index is 13.5. The fraction of sp³-hybridized carbons (Fsp3) is 0.304. The number of hydrogen-bond acceptors (Lipinski definition) is 8. The number of aromatic nitrogens is 5. The topological polar surface area (TPSA) is 101 Å². The Morgan fingerprint density at radius 1 is 1.18 bits per heavy atom. The molecule has 2 N–H and O–H groups in total. The molecule has 0 amide bonds. The van der Waals surface area contributed by atoms with Crippen LogP contribution in [0.15, 0.2) is 43.0 Å². The highest BCUT2D eigenvalue weighted by molar-refractivity contribution is 6.31. The van der Waals surface area contributed by atoms with Crippen LogP contribution in [-0.2, 0) is 19.7 Å². The van der Waals surface area contributed by atoms with E-state index in [0.29, 0.717) is 40.3 Å². The Morgan fingerprint density at radius 2 is 2.09 bits per heavy atom. The lowest BCUT2D eigenvalue weighted by Crippen LogP contribution is -2.34. The van der Waals surface area contributed by atoms with Gasteiger partial charge in [0.15, 0.2) is 0 Å². The summed E-state index contributed by atoms with van der Waals surface area (Å²) in [6.07, 6.45) is 4.02. The van der Waals surface area contributed by atoms with Crippen LogP contribution in [0.3, 0.4) is 0 Å². The van der Waals surface area contributed by atoms with Crippen LogP contribution in [0.1, 0.15) is 17.8 Å². The van der Waals surface area contributed by atoms with Crippen LogP contribution in [0.2, 0.25) is 5.02 Å². The number of benzene rings is 2. The van der Waals surface area contributed by atoms with Crippen LogP contribution in [-0.4, -0.2) is 54.4 Å². The van der Waals surface area contributed by atoms with Gasteiger partial charge in [-0.2, -0.15) is 0 Å². The molecule has 34 heavy (non-hydrogen) atoms. The van der Waals surface area contributed by atoms with Crippen molar-refractivity contribution in [2.24, 2.45) is 0 Å². The largest absolute Gasteiger partial charge is 0.493 e. The van der Waals surface area contributed by atoms with E-state index in [9.17, 15) is 9.50 Å². The normalized spacial score (nSPS) is 13.7. The molecule has 0 radical (unpaired) electrons. The van der Waals surface area contributed by atoms with Gasteiger partial charge in [0.1, 0.15) is 35.9 Å². The predicted octanol–water partition coefficient (Wildman–Crippen LogP) is 3.53. The molecule has 0 spiro atoms. The zero-order chi connectivity index (χ0) is 23.5. The first-order valence-corrected chi connectivity index (χ1v) is 11.3. The fourth-order valence-electron chi connectivity index (χ4n) is 3.97. The first kappa shape index (κ1) is 22.5. The molecule has 3 heterocycles. The van der Waals surface area contributed by atoms with E-state index in [2.05, 4.69) is 34.9 Å². The molecule has 0 bridgehead atoms. The summed E-state index contributed by atoms with van der Waals surface area (Å²) in [6.45, 7) is 3.80. The summed E-state index contributed by atoms with van der Waals surface area (Å²) < 4.78 is 21.6. The molecule has 1 aliphatic heterocycles.